The van der Waals surface area contributed by atoms with Crippen LogP contribution in [0, 0.1) is 5.92 Å². The summed E-state index contributed by atoms with van der Waals surface area (Å²) < 4.78 is 1.20. The van der Waals surface area contributed by atoms with Gasteiger partial charge in [-0.1, -0.05) is 27.2 Å². The van der Waals surface area contributed by atoms with Gasteiger partial charge in [0.1, 0.15) is 0 Å². The van der Waals surface area contributed by atoms with Gasteiger partial charge in [-0.3, -0.25) is 0 Å². The van der Waals surface area contributed by atoms with Crippen molar-refractivity contribution in [1.29, 1.82) is 0 Å². The summed E-state index contributed by atoms with van der Waals surface area (Å²) in [6.07, 6.45) is 4.00. The van der Waals surface area contributed by atoms with Gasteiger partial charge in [-0.15, -0.1) is 0 Å². The summed E-state index contributed by atoms with van der Waals surface area (Å²) in [4.78, 5) is 0. The van der Waals surface area contributed by atoms with Crippen molar-refractivity contribution in [3.05, 3.63) is 0 Å². The summed E-state index contributed by atoms with van der Waals surface area (Å²) in [5.74, 6) is 0.902. The van der Waals surface area contributed by atoms with E-state index in [1.165, 1.54) is 36.8 Å². The van der Waals surface area contributed by atoms with Crippen molar-refractivity contribution in [2.75, 3.05) is 27.2 Å². The molecule has 0 aromatic carbocycles. The first kappa shape index (κ1) is 12.0. The van der Waals surface area contributed by atoms with Gasteiger partial charge in [0, 0.05) is 0 Å². The van der Waals surface area contributed by atoms with Crippen molar-refractivity contribution >= 4 is 0 Å². The van der Waals surface area contributed by atoms with Crippen molar-refractivity contribution in [3.63, 3.8) is 0 Å². The molecular weight excluding hydrogens is 146 g/mol. The second-order valence-electron chi connectivity index (χ2n) is 4.69. The highest BCUT2D eigenvalue weighted by molar-refractivity contribution is 4.48. The molecule has 0 radical (unpaired) electrons. The molecule has 0 N–H and O–H groups in total. The fraction of sp³-hybridized carbons (Fsp3) is 1.00. The zero-order chi connectivity index (χ0) is 9.61. The zero-order valence-electron chi connectivity index (χ0n) is 9.56. The minimum absolute atomic E-state index is 0.902. The molecule has 12 heavy (non-hydrogen) atoms. The monoisotopic (exact) mass is 172 g/mol. The lowest BCUT2D eigenvalue weighted by Crippen LogP contribution is -2.41. The highest BCUT2D eigenvalue weighted by atomic mass is 15.3. The van der Waals surface area contributed by atoms with Crippen molar-refractivity contribution in [2.45, 2.75) is 40.0 Å². The van der Waals surface area contributed by atoms with Gasteiger partial charge < -0.3 is 4.48 Å². The van der Waals surface area contributed by atoms with Gasteiger partial charge in [-0.05, 0) is 18.8 Å². The SMILES string of the molecule is CCC[N+](C)(C)CCC(C)CC. The number of hydrogen-bond acceptors (Lipinski definition) is 0. The Labute approximate surface area is 78.4 Å². The highest BCUT2D eigenvalue weighted by Gasteiger charge is 2.14. The number of nitrogens with zero attached hydrogens (tertiary/aromatic N) is 1. The second-order valence-corrected chi connectivity index (χ2v) is 4.69. The summed E-state index contributed by atoms with van der Waals surface area (Å²) in [6.45, 7) is 9.55. The van der Waals surface area contributed by atoms with Crippen LogP contribution in [-0.2, 0) is 0 Å². The Morgan fingerprint density at radius 2 is 1.67 bits per heavy atom. The van der Waals surface area contributed by atoms with Gasteiger partial charge >= 0.3 is 0 Å². The Morgan fingerprint density at radius 3 is 2.08 bits per heavy atom. The lowest BCUT2D eigenvalue weighted by Gasteiger charge is -2.30. The molecule has 0 rings (SSSR count). The van der Waals surface area contributed by atoms with Gasteiger partial charge in [0.05, 0.1) is 27.2 Å². The number of quaternary nitrogens is 1. The number of hydrogen-bond donors (Lipinski definition) is 0. The average Bonchev–Trinajstić information content (AvgIpc) is 2.00. The molecule has 0 amide bonds. The Morgan fingerprint density at radius 1 is 1.08 bits per heavy atom. The summed E-state index contributed by atoms with van der Waals surface area (Å²) in [5.41, 5.74) is 0. The van der Waals surface area contributed by atoms with Crippen LogP contribution in [0.1, 0.15) is 40.0 Å². The van der Waals surface area contributed by atoms with Gasteiger partial charge in [0.25, 0.3) is 0 Å². The van der Waals surface area contributed by atoms with E-state index in [2.05, 4.69) is 34.9 Å². The van der Waals surface area contributed by atoms with E-state index >= 15 is 0 Å². The van der Waals surface area contributed by atoms with Crippen molar-refractivity contribution in [3.8, 4) is 0 Å². The van der Waals surface area contributed by atoms with Crippen LogP contribution >= 0.6 is 0 Å². The minimum Gasteiger partial charge on any atom is -0.328 e. The lowest BCUT2D eigenvalue weighted by molar-refractivity contribution is -0.890. The fourth-order valence-electron chi connectivity index (χ4n) is 1.49. The molecule has 0 saturated heterocycles. The van der Waals surface area contributed by atoms with E-state index in [-0.39, 0.29) is 0 Å². The van der Waals surface area contributed by atoms with Crippen molar-refractivity contribution < 1.29 is 4.48 Å². The maximum Gasteiger partial charge on any atom is 0.0785 e. The highest BCUT2D eigenvalue weighted by Crippen LogP contribution is 2.10. The molecule has 0 fully saturated rings. The minimum atomic E-state index is 0.902. The van der Waals surface area contributed by atoms with Crippen LogP contribution in [0.3, 0.4) is 0 Å². The first-order valence-corrected chi connectivity index (χ1v) is 5.33. The first-order valence-electron chi connectivity index (χ1n) is 5.33. The third-order valence-electron chi connectivity index (χ3n) is 2.75. The summed E-state index contributed by atoms with van der Waals surface area (Å²) in [6, 6.07) is 0. The summed E-state index contributed by atoms with van der Waals surface area (Å²) in [7, 11) is 4.68. The first-order chi connectivity index (χ1) is 5.52. The molecule has 1 atom stereocenters. The lowest BCUT2D eigenvalue weighted by atomic mass is 10.0. The van der Waals surface area contributed by atoms with E-state index in [0.29, 0.717) is 0 Å². The zero-order valence-corrected chi connectivity index (χ0v) is 9.56. The molecule has 1 nitrogen and oxygen atoms in total. The van der Waals surface area contributed by atoms with Crippen molar-refractivity contribution in [1.82, 2.24) is 0 Å². The van der Waals surface area contributed by atoms with Gasteiger partial charge in [0.15, 0.2) is 0 Å². The van der Waals surface area contributed by atoms with Crippen LogP contribution in [0.15, 0.2) is 0 Å². The normalized spacial score (nSPS) is 14.8. The van der Waals surface area contributed by atoms with E-state index in [1.807, 2.05) is 0 Å². The molecule has 0 aliphatic heterocycles. The number of rotatable bonds is 6. The summed E-state index contributed by atoms with van der Waals surface area (Å²) in [5, 5.41) is 0. The Hall–Kier alpha value is -0.0400. The third-order valence-corrected chi connectivity index (χ3v) is 2.75. The topological polar surface area (TPSA) is 0 Å². The smallest absolute Gasteiger partial charge is 0.0785 e. The molecule has 0 saturated carbocycles. The van der Waals surface area contributed by atoms with Gasteiger partial charge in [-0.25, -0.2) is 0 Å². The van der Waals surface area contributed by atoms with E-state index in [9.17, 15) is 0 Å². The molecule has 0 aromatic rings. The Bertz CT molecular complexity index is 108. The Kier molecular flexibility index (Phi) is 5.56. The quantitative estimate of drug-likeness (QED) is 0.540. The standard InChI is InChI=1S/C11H26N/c1-6-9-12(4,5)10-8-11(3)7-2/h11H,6-10H2,1-5H3/q+1. The molecule has 0 heterocycles. The Balaban J connectivity index is 3.59. The van der Waals surface area contributed by atoms with E-state index in [4.69, 9.17) is 0 Å². The predicted molar refractivity (Wildman–Crippen MR) is 56.2 cm³/mol. The maximum atomic E-state index is 2.35. The molecule has 0 aliphatic carbocycles. The van der Waals surface area contributed by atoms with Crippen LogP contribution in [0.4, 0.5) is 0 Å². The van der Waals surface area contributed by atoms with Crippen molar-refractivity contribution in [2.24, 2.45) is 5.92 Å². The molecule has 74 valence electrons. The van der Waals surface area contributed by atoms with E-state index < -0.39 is 0 Å². The van der Waals surface area contributed by atoms with Crippen LogP contribution < -0.4 is 0 Å². The van der Waals surface area contributed by atoms with Crippen LogP contribution in [0.5, 0.6) is 0 Å². The van der Waals surface area contributed by atoms with Crippen LogP contribution in [0.2, 0.25) is 0 Å². The predicted octanol–water partition coefficient (Wildman–Crippen LogP) is 2.91. The third kappa shape index (κ3) is 5.59. The molecule has 0 spiro atoms. The molecular formula is C11H26N+. The molecule has 0 aromatic heterocycles. The maximum absolute atomic E-state index is 2.35. The van der Waals surface area contributed by atoms with E-state index in [0.717, 1.165) is 5.92 Å². The van der Waals surface area contributed by atoms with Crippen LogP contribution in [-0.4, -0.2) is 31.7 Å². The molecule has 1 unspecified atom stereocenters. The molecule has 1 heteroatoms. The molecule has 0 aliphatic rings. The second kappa shape index (κ2) is 5.58. The fourth-order valence-corrected chi connectivity index (χ4v) is 1.49. The van der Waals surface area contributed by atoms with E-state index in [1.54, 1.807) is 0 Å². The van der Waals surface area contributed by atoms with Gasteiger partial charge in [0.2, 0.25) is 0 Å². The summed E-state index contributed by atoms with van der Waals surface area (Å²) >= 11 is 0. The average molecular weight is 172 g/mol. The molecule has 0 bridgehead atoms. The van der Waals surface area contributed by atoms with Crippen LogP contribution in [0.25, 0.3) is 0 Å². The largest absolute Gasteiger partial charge is 0.328 e. The van der Waals surface area contributed by atoms with Gasteiger partial charge in [-0.2, -0.15) is 0 Å².